The second-order valence-corrected chi connectivity index (χ2v) is 14.7. The van der Waals surface area contributed by atoms with Crippen LogP contribution in [0.2, 0.25) is 0 Å². The number of rotatable bonds is 6. The molecule has 0 fully saturated rings. The van der Waals surface area contributed by atoms with Crippen molar-refractivity contribution in [3.05, 3.63) is 199 Å². The highest BCUT2D eigenvalue weighted by Crippen LogP contribution is 2.48. The van der Waals surface area contributed by atoms with E-state index in [0.717, 1.165) is 80.4 Å². The lowest BCUT2D eigenvalue weighted by atomic mass is 9.82. The first-order chi connectivity index (χ1) is 27.3. The van der Waals surface area contributed by atoms with Crippen LogP contribution in [0.5, 0.6) is 0 Å². The Balaban J connectivity index is 1.12. The lowest BCUT2D eigenvalue weighted by Gasteiger charge is -2.35. The number of hydrogen-bond acceptors (Lipinski definition) is 3. The van der Waals surface area contributed by atoms with E-state index >= 15 is 0 Å². The van der Waals surface area contributed by atoms with Gasteiger partial charge in [-0.05, 0) is 89.4 Å². The van der Waals surface area contributed by atoms with Crippen LogP contribution in [0.25, 0.3) is 72.0 Å². The normalized spacial score (nSPS) is 15.4. The van der Waals surface area contributed by atoms with Gasteiger partial charge < -0.3 is 13.7 Å². The molecule has 0 aliphatic heterocycles. The SMILES string of the molecule is C1=CC(C2CC=Cc3c2oc2c3ccc3ccccc32)=C(N(c2cccc(-c3ccc4oc5ccccc5c4c3)c2)c2ccccc2-c2ccccc2)CC1. The molecule has 3 nitrogen and oxygen atoms in total. The van der Waals surface area contributed by atoms with Crippen LogP contribution >= 0.6 is 0 Å². The summed E-state index contributed by atoms with van der Waals surface area (Å²) in [5, 5.41) is 5.80. The van der Waals surface area contributed by atoms with E-state index in [2.05, 4.69) is 175 Å². The number of anilines is 2. The minimum Gasteiger partial charge on any atom is -0.459 e. The van der Waals surface area contributed by atoms with Gasteiger partial charge in [-0.25, -0.2) is 0 Å². The first-order valence-electron chi connectivity index (χ1n) is 19.2. The third-order valence-corrected chi connectivity index (χ3v) is 11.5. The van der Waals surface area contributed by atoms with E-state index in [-0.39, 0.29) is 5.92 Å². The number of furan rings is 2. The van der Waals surface area contributed by atoms with Gasteiger partial charge in [-0.15, -0.1) is 0 Å². The highest BCUT2D eigenvalue weighted by Gasteiger charge is 2.32. The monoisotopic (exact) mass is 707 g/mol. The summed E-state index contributed by atoms with van der Waals surface area (Å²) in [6.45, 7) is 0. The van der Waals surface area contributed by atoms with Crippen LogP contribution < -0.4 is 4.90 Å². The first kappa shape index (κ1) is 31.7. The molecule has 2 aliphatic carbocycles. The molecule has 2 aromatic heterocycles. The minimum atomic E-state index is 0.0732. The summed E-state index contributed by atoms with van der Waals surface area (Å²) < 4.78 is 13.2. The van der Waals surface area contributed by atoms with E-state index < -0.39 is 0 Å². The van der Waals surface area contributed by atoms with Crippen molar-refractivity contribution >= 4 is 61.1 Å². The van der Waals surface area contributed by atoms with Gasteiger partial charge in [0.25, 0.3) is 0 Å². The van der Waals surface area contributed by atoms with Gasteiger partial charge in [0.1, 0.15) is 22.5 Å². The number of fused-ring (bicyclic) bond motifs is 8. The Morgan fingerprint density at radius 3 is 2.25 bits per heavy atom. The second kappa shape index (κ2) is 12.9. The van der Waals surface area contributed by atoms with Crippen molar-refractivity contribution in [2.24, 2.45) is 0 Å². The fraction of sp³-hybridized carbons (Fsp3) is 0.0769. The number of benzene rings is 7. The van der Waals surface area contributed by atoms with E-state index in [1.807, 2.05) is 12.1 Å². The largest absolute Gasteiger partial charge is 0.459 e. The molecular weight excluding hydrogens is 671 g/mol. The van der Waals surface area contributed by atoms with E-state index in [9.17, 15) is 0 Å². The fourth-order valence-corrected chi connectivity index (χ4v) is 8.92. The third-order valence-electron chi connectivity index (χ3n) is 11.5. The molecule has 0 bridgehead atoms. The molecular formula is C52H37NO2. The molecule has 11 rings (SSSR count). The van der Waals surface area contributed by atoms with Crippen LogP contribution in [0.3, 0.4) is 0 Å². The van der Waals surface area contributed by atoms with Gasteiger partial charge >= 0.3 is 0 Å². The van der Waals surface area contributed by atoms with Crippen molar-refractivity contribution in [2.75, 3.05) is 4.90 Å². The quantitative estimate of drug-likeness (QED) is 0.172. The predicted molar refractivity (Wildman–Crippen MR) is 229 cm³/mol. The zero-order valence-corrected chi connectivity index (χ0v) is 30.3. The lowest BCUT2D eigenvalue weighted by Crippen LogP contribution is -2.22. The Bertz CT molecular complexity index is 3030. The van der Waals surface area contributed by atoms with Gasteiger partial charge in [0.05, 0.1) is 5.69 Å². The Kier molecular flexibility index (Phi) is 7.44. The third kappa shape index (κ3) is 5.26. The molecule has 9 aromatic rings. The maximum atomic E-state index is 6.99. The number of para-hydroxylation sites is 2. The molecule has 2 heterocycles. The molecule has 0 radical (unpaired) electrons. The zero-order chi connectivity index (χ0) is 36.3. The van der Waals surface area contributed by atoms with Gasteiger partial charge in [-0.3, -0.25) is 0 Å². The van der Waals surface area contributed by atoms with Gasteiger partial charge in [0, 0.05) is 50.0 Å². The molecule has 2 aliphatic rings. The van der Waals surface area contributed by atoms with Gasteiger partial charge in [-0.2, -0.15) is 0 Å². The van der Waals surface area contributed by atoms with Gasteiger partial charge in [0.15, 0.2) is 0 Å². The summed E-state index contributed by atoms with van der Waals surface area (Å²) >= 11 is 0. The average molecular weight is 708 g/mol. The minimum absolute atomic E-state index is 0.0732. The van der Waals surface area contributed by atoms with Crippen LogP contribution in [-0.2, 0) is 0 Å². The highest BCUT2D eigenvalue weighted by atomic mass is 16.3. The van der Waals surface area contributed by atoms with Crippen LogP contribution in [0.15, 0.2) is 196 Å². The average Bonchev–Trinajstić information content (AvgIpc) is 3.83. The van der Waals surface area contributed by atoms with E-state index in [0.29, 0.717) is 0 Å². The summed E-state index contributed by atoms with van der Waals surface area (Å²) in [4.78, 5) is 2.53. The van der Waals surface area contributed by atoms with E-state index in [1.165, 1.54) is 38.7 Å². The van der Waals surface area contributed by atoms with Crippen LogP contribution in [0, 0.1) is 0 Å². The maximum absolute atomic E-state index is 6.99. The Hall–Kier alpha value is -6.84. The Labute approximate surface area is 319 Å². The van der Waals surface area contributed by atoms with Gasteiger partial charge in [-0.1, -0.05) is 140 Å². The molecule has 1 unspecified atom stereocenters. The van der Waals surface area contributed by atoms with Crippen molar-refractivity contribution in [1.29, 1.82) is 0 Å². The molecule has 0 spiro atoms. The second-order valence-electron chi connectivity index (χ2n) is 14.7. The van der Waals surface area contributed by atoms with Crippen molar-refractivity contribution in [2.45, 2.75) is 25.2 Å². The topological polar surface area (TPSA) is 29.5 Å². The standard InChI is InChI=1S/C52H37NO2/c1-2-14-34(15-3-1)39-19-6-9-25-47(39)53(38-18-12-17-36(32-38)37-29-31-50-46(33-37)42-22-8-11-27-49(42)54-50)48-26-10-7-21-41(48)43-23-13-24-44-45-30-28-35-16-4-5-20-40(35)51(45)55-52(43)44/h1-9,11-22,24-25,27-33,43H,10,23,26H2. The highest BCUT2D eigenvalue weighted by molar-refractivity contribution is 6.08. The Morgan fingerprint density at radius 2 is 1.31 bits per heavy atom. The fourth-order valence-electron chi connectivity index (χ4n) is 8.92. The molecule has 7 aromatic carbocycles. The zero-order valence-electron chi connectivity index (χ0n) is 30.3. The van der Waals surface area contributed by atoms with E-state index in [1.54, 1.807) is 0 Å². The smallest absolute Gasteiger partial charge is 0.142 e. The first-order valence-corrected chi connectivity index (χ1v) is 19.2. The molecule has 0 saturated carbocycles. The lowest BCUT2D eigenvalue weighted by molar-refractivity contribution is 0.515. The number of nitrogens with zero attached hydrogens (tertiary/aromatic N) is 1. The van der Waals surface area contributed by atoms with Crippen LogP contribution in [-0.4, -0.2) is 0 Å². The summed E-state index contributed by atoms with van der Waals surface area (Å²) in [5.74, 6) is 1.13. The molecule has 262 valence electrons. The maximum Gasteiger partial charge on any atom is 0.142 e. The van der Waals surface area contributed by atoms with Crippen molar-refractivity contribution in [3.8, 4) is 22.3 Å². The summed E-state index contributed by atoms with van der Waals surface area (Å²) in [6, 6.07) is 56.5. The van der Waals surface area contributed by atoms with Crippen molar-refractivity contribution in [1.82, 2.24) is 0 Å². The van der Waals surface area contributed by atoms with Crippen molar-refractivity contribution < 1.29 is 8.83 Å². The summed E-state index contributed by atoms with van der Waals surface area (Å²) in [7, 11) is 0. The summed E-state index contributed by atoms with van der Waals surface area (Å²) in [6.07, 6.45) is 12.1. The van der Waals surface area contributed by atoms with Crippen molar-refractivity contribution in [3.63, 3.8) is 0 Å². The predicted octanol–water partition coefficient (Wildman–Crippen LogP) is 14.8. The molecule has 3 heteroatoms. The number of hydrogen-bond donors (Lipinski definition) is 0. The van der Waals surface area contributed by atoms with Crippen LogP contribution in [0.4, 0.5) is 11.4 Å². The molecule has 0 amide bonds. The van der Waals surface area contributed by atoms with Gasteiger partial charge in [0.2, 0.25) is 0 Å². The Morgan fingerprint density at radius 1 is 0.527 bits per heavy atom. The number of allylic oxidation sites excluding steroid dienone is 5. The molecule has 0 N–H and O–H groups in total. The van der Waals surface area contributed by atoms with Crippen LogP contribution in [0.1, 0.15) is 36.5 Å². The molecule has 55 heavy (non-hydrogen) atoms. The molecule has 1 atom stereocenters. The summed E-state index contributed by atoms with van der Waals surface area (Å²) in [5.41, 5.74) is 13.6. The molecule has 0 saturated heterocycles. The van der Waals surface area contributed by atoms with E-state index in [4.69, 9.17) is 8.83 Å².